The lowest BCUT2D eigenvalue weighted by atomic mass is 9.92. The van der Waals surface area contributed by atoms with Gasteiger partial charge in [0.1, 0.15) is 17.8 Å². The van der Waals surface area contributed by atoms with Gasteiger partial charge in [-0.05, 0) is 42.0 Å². The van der Waals surface area contributed by atoms with Gasteiger partial charge in [0.2, 0.25) is 0 Å². The lowest BCUT2D eigenvalue weighted by Gasteiger charge is -2.47. The van der Waals surface area contributed by atoms with Gasteiger partial charge in [-0.15, -0.1) is 0 Å². The highest BCUT2D eigenvalue weighted by atomic mass is 16.5. The van der Waals surface area contributed by atoms with Gasteiger partial charge in [0.25, 0.3) is 17.7 Å². The van der Waals surface area contributed by atoms with E-state index in [2.05, 4.69) is 4.99 Å². The maximum atomic E-state index is 13.5. The molecule has 192 valence electrons. The number of methoxy groups -OCH3 is 2. The van der Waals surface area contributed by atoms with Crippen LogP contribution in [0.5, 0.6) is 5.75 Å². The smallest absolute Gasteiger partial charge is 0.330 e. The highest BCUT2D eigenvalue weighted by molar-refractivity contribution is 6.25. The number of nitrogens with zero attached hydrogens (tertiary/aromatic N) is 3. The number of fused-ring (bicyclic) bond motifs is 1. The van der Waals surface area contributed by atoms with Crippen molar-refractivity contribution in [2.24, 2.45) is 4.99 Å². The number of β-lactam (4-membered cyclic amide) rings is 1. The van der Waals surface area contributed by atoms with Crippen molar-refractivity contribution in [1.82, 2.24) is 4.90 Å². The van der Waals surface area contributed by atoms with Crippen LogP contribution < -0.4 is 9.64 Å². The van der Waals surface area contributed by atoms with E-state index in [0.717, 1.165) is 10.5 Å². The first-order chi connectivity index (χ1) is 18.4. The summed E-state index contributed by atoms with van der Waals surface area (Å²) in [5.74, 6) is -1.43. The standard InChI is InChI=1S/C29H25N3O6/c1-37-20-14-12-19(13-15-20)31-24(17-30-23(29(36)38-2)16-18-8-4-3-5-9-18)25(28(31)35)32-26(33)21-10-6-7-11-22(21)27(32)34/h3-15,17,23-25H,16H2,1-2H3. The first kappa shape index (κ1) is 24.9. The molecule has 0 aliphatic carbocycles. The third-order valence-corrected chi connectivity index (χ3v) is 6.73. The fourth-order valence-electron chi connectivity index (χ4n) is 4.77. The zero-order valence-electron chi connectivity index (χ0n) is 20.8. The van der Waals surface area contributed by atoms with Crippen LogP contribution in [0.2, 0.25) is 0 Å². The average molecular weight is 512 g/mol. The summed E-state index contributed by atoms with van der Waals surface area (Å²) >= 11 is 0. The molecule has 5 rings (SSSR count). The molecule has 2 aliphatic heterocycles. The van der Waals surface area contributed by atoms with Crippen molar-refractivity contribution in [2.45, 2.75) is 24.5 Å². The topological polar surface area (TPSA) is 106 Å². The number of carbonyl (C=O) groups excluding carboxylic acids is 4. The highest BCUT2D eigenvalue weighted by Gasteiger charge is 2.56. The Morgan fingerprint density at radius 1 is 0.868 bits per heavy atom. The average Bonchev–Trinajstić information content (AvgIpc) is 3.20. The molecular weight excluding hydrogens is 486 g/mol. The fourth-order valence-corrected chi connectivity index (χ4v) is 4.77. The Morgan fingerprint density at radius 2 is 1.47 bits per heavy atom. The molecule has 38 heavy (non-hydrogen) atoms. The number of rotatable bonds is 8. The number of esters is 1. The van der Waals surface area contributed by atoms with Crippen LogP contribution in [0.15, 0.2) is 83.9 Å². The maximum Gasteiger partial charge on any atom is 0.330 e. The fraction of sp³-hybridized carbons (Fsp3) is 0.207. The van der Waals surface area contributed by atoms with Crippen molar-refractivity contribution in [1.29, 1.82) is 0 Å². The number of carbonyl (C=O) groups is 4. The quantitative estimate of drug-likeness (QED) is 0.199. The van der Waals surface area contributed by atoms with Gasteiger partial charge in [0, 0.05) is 18.3 Å². The van der Waals surface area contributed by atoms with Crippen molar-refractivity contribution < 1.29 is 28.7 Å². The third-order valence-electron chi connectivity index (χ3n) is 6.73. The number of anilines is 1. The van der Waals surface area contributed by atoms with Gasteiger partial charge in [-0.3, -0.25) is 29.2 Å². The van der Waals surface area contributed by atoms with Crippen LogP contribution in [-0.2, 0) is 20.7 Å². The van der Waals surface area contributed by atoms with Crippen molar-refractivity contribution in [3.05, 3.63) is 95.6 Å². The summed E-state index contributed by atoms with van der Waals surface area (Å²) < 4.78 is 10.2. The minimum Gasteiger partial charge on any atom is -0.497 e. The van der Waals surface area contributed by atoms with E-state index >= 15 is 0 Å². The van der Waals surface area contributed by atoms with Crippen LogP contribution in [-0.4, -0.2) is 67.2 Å². The molecule has 9 nitrogen and oxygen atoms in total. The van der Waals surface area contributed by atoms with Gasteiger partial charge in [0.15, 0.2) is 6.04 Å². The predicted octanol–water partition coefficient (Wildman–Crippen LogP) is 2.93. The molecule has 0 N–H and O–H groups in total. The van der Waals surface area contributed by atoms with Crippen LogP contribution in [0.4, 0.5) is 5.69 Å². The van der Waals surface area contributed by atoms with Crippen molar-refractivity contribution >= 4 is 35.6 Å². The minimum atomic E-state index is -1.11. The van der Waals surface area contributed by atoms with Crippen LogP contribution in [0.1, 0.15) is 26.3 Å². The van der Waals surface area contributed by atoms with Crippen molar-refractivity contribution in [2.75, 3.05) is 19.1 Å². The summed E-state index contributed by atoms with van der Waals surface area (Å²) in [5.41, 5.74) is 1.92. The zero-order valence-corrected chi connectivity index (χ0v) is 20.8. The summed E-state index contributed by atoms with van der Waals surface area (Å²) in [6, 6.07) is 19.9. The van der Waals surface area contributed by atoms with Gasteiger partial charge in [0.05, 0.1) is 25.3 Å². The van der Waals surface area contributed by atoms with E-state index in [-0.39, 0.29) is 17.5 Å². The Morgan fingerprint density at radius 3 is 2.05 bits per heavy atom. The molecule has 9 heteroatoms. The Balaban J connectivity index is 1.49. The van der Waals surface area contributed by atoms with Crippen LogP contribution in [0, 0.1) is 0 Å². The summed E-state index contributed by atoms with van der Waals surface area (Å²) in [6.07, 6.45) is 1.75. The molecular formula is C29H25N3O6. The molecule has 0 spiro atoms. The summed E-state index contributed by atoms with van der Waals surface area (Å²) in [4.78, 5) is 59.4. The number of amides is 3. The molecule has 3 aromatic carbocycles. The number of aliphatic imine (C=N–C) groups is 1. The first-order valence-corrected chi connectivity index (χ1v) is 12.0. The van der Waals surface area contributed by atoms with Crippen LogP contribution in [0.3, 0.4) is 0 Å². The largest absolute Gasteiger partial charge is 0.497 e. The molecule has 1 saturated heterocycles. The van der Waals surface area contributed by atoms with Crippen molar-refractivity contribution in [3.8, 4) is 5.75 Å². The number of benzene rings is 3. The van der Waals surface area contributed by atoms with E-state index in [1.165, 1.54) is 25.3 Å². The molecule has 0 saturated carbocycles. The maximum absolute atomic E-state index is 13.5. The Hall–Kier alpha value is -4.79. The Labute approximate surface area is 219 Å². The van der Waals surface area contributed by atoms with Crippen molar-refractivity contribution in [3.63, 3.8) is 0 Å². The lowest BCUT2D eigenvalue weighted by Crippen LogP contribution is -2.72. The molecule has 2 heterocycles. The molecule has 0 radical (unpaired) electrons. The van der Waals surface area contributed by atoms with E-state index in [0.29, 0.717) is 11.4 Å². The predicted molar refractivity (Wildman–Crippen MR) is 139 cm³/mol. The minimum absolute atomic E-state index is 0.250. The van der Waals surface area contributed by atoms with E-state index in [1.807, 2.05) is 30.3 Å². The monoisotopic (exact) mass is 511 g/mol. The van der Waals surface area contributed by atoms with Gasteiger partial charge in [-0.2, -0.15) is 0 Å². The summed E-state index contributed by atoms with van der Waals surface area (Å²) in [6.45, 7) is 0. The first-order valence-electron chi connectivity index (χ1n) is 12.0. The third kappa shape index (κ3) is 4.32. The number of hydrogen-bond donors (Lipinski definition) is 0. The van der Waals surface area contributed by atoms with Crippen LogP contribution in [0.25, 0.3) is 0 Å². The van der Waals surface area contributed by atoms with E-state index in [9.17, 15) is 19.2 Å². The summed E-state index contributed by atoms with van der Waals surface area (Å²) in [7, 11) is 2.82. The normalized spacial score (nSPS) is 19.4. The van der Waals surface area contributed by atoms with Gasteiger partial charge < -0.3 is 9.47 Å². The van der Waals surface area contributed by atoms with E-state index in [4.69, 9.17) is 9.47 Å². The number of hydrogen-bond acceptors (Lipinski definition) is 7. The lowest BCUT2D eigenvalue weighted by molar-refractivity contribution is -0.142. The van der Waals surface area contributed by atoms with E-state index in [1.54, 1.807) is 48.5 Å². The molecule has 3 atom stereocenters. The number of imide groups is 1. The zero-order chi connectivity index (χ0) is 26.8. The molecule has 0 aromatic heterocycles. The second-order valence-electron chi connectivity index (χ2n) is 8.89. The molecule has 3 aromatic rings. The van der Waals surface area contributed by atoms with Gasteiger partial charge in [-0.1, -0.05) is 42.5 Å². The number of ether oxygens (including phenoxy) is 2. The Bertz CT molecular complexity index is 1380. The Kier molecular flexibility index (Phi) is 6.74. The second kappa shape index (κ2) is 10.3. The van der Waals surface area contributed by atoms with Gasteiger partial charge in [-0.25, -0.2) is 4.79 Å². The van der Waals surface area contributed by atoms with Gasteiger partial charge >= 0.3 is 5.97 Å². The molecule has 3 amide bonds. The molecule has 2 aliphatic rings. The SMILES string of the molecule is COC(=O)C(Cc1ccccc1)N=CC1C(N2C(=O)c3ccccc3C2=O)C(=O)N1c1ccc(OC)cc1. The van der Waals surface area contributed by atoms with E-state index < -0.39 is 41.8 Å². The van der Waals surface area contributed by atoms with Crippen LogP contribution >= 0.6 is 0 Å². The molecule has 0 bridgehead atoms. The highest BCUT2D eigenvalue weighted by Crippen LogP contribution is 2.36. The molecule has 1 fully saturated rings. The molecule has 3 unspecified atom stereocenters. The summed E-state index contributed by atoms with van der Waals surface area (Å²) in [5, 5.41) is 0. The second-order valence-corrected chi connectivity index (χ2v) is 8.89.